The molecule has 138 valence electrons. The topological polar surface area (TPSA) is 61.8 Å². The molecule has 1 atom stereocenters. The lowest BCUT2D eigenvalue weighted by atomic mass is 10.1. The van der Waals surface area contributed by atoms with Crippen LogP contribution in [0.15, 0.2) is 48.5 Å². The lowest BCUT2D eigenvalue weighted by molar-refractivity contribution is -0.0259. The number of nitrogens with zero attached hydrogens (tertiary/aromatic N) is 1. The first-order valence-electron chi connectivity index (χ1n) is 8.76. The van der Waals surface area contributed by atoms with E-state index in [1.165, 1.54) is 24.3 Å². The lowest BCUT2D eigenvalue weighted by Crippen LogP contribution is -2.48. The fraction of sp³-hybridized carbons (Fsp3) is 0.350. The fourth-order valence-electron chi connectivity index (χ4n) is 2.97. The second-order valence-corrected chi connectivity index (χ2v) is 6.43. The molecule has 1 saturated heterocycles. The summed E-state index contributed by atoms with van der Waals surface area (Å²) in [6, 6.07) is 12.7. The molecule has 6 heteroatoms. The minimum absolute atomic E-state index is 0.0574. The molecule has 0 aromatic heterocycles. The molecule has 0 saturated carbocycles. The van der Waals surface area contributed by atoms with Crippen molar-refractivity contribution in [2.45, 2.75) is 12.5 Å². The van der Waals surface area contributed by atoms with E-state index in [0.717, 1.165) is 31.6 Å². The molecule has 1 aliphatic rings. The first kappa shape index (κ1) is 18.4. The molecule has 1 aliphatic heterocycles. The van der Waals surface area contributed by atoms with Gasteiger partial charge in [0.25, 0.3) is 5.91 Å². The highest BCUT2D eigenvalue weighted by atomic mass is 19.1. The normalized spacial score (nSPS) is 17.8. The van der Waals surface area contributed by atoms with Gasteiger partial charge < -0.3 is 15.2 Å². The molecule has 1 unspecified atom stereocenters. The monoisotopic (exact) mass is 358 g/mol. The Labute approximate surface area is 152 Å². The number of carbonyl (C=O) groups is 1. The molecular weight excluding hydrogens is 335 g/mol. The smallest absolute Gasteiger partial charge is 0.251 e. The number of phenols is 1. The van der Waals surface area contributed by atoms with Crippen LogP contribution < -0.4 is 5.32 Å². The molecular formula is C20H23FN2O3. The van der Waals surface area contributed by atoms with Gasteiger partial charge in [0.2, 0.25) is 0 Å². The molecule has 0 radical (unpaired) electrons. The summed E-state index contributed by atoms with van der Waals surface area (Å²) >= 11 is 0. The first-order chi connectivity index (χ1) is 12.6. The van der Waals surface area contributed by atoms with E-state index in [4.69, 9.17) is 4.74 Å². The third-order valence-corrected chi connectivity index (χ3v) is 4.47. The molecule has 3 rings (SSSR count). The third-order valence-electron chi connectivity index (χ3n) is 4.47. The molecule has 1 fully saturated rings. The second kappa shape index (κ2) is 8.78. The van der Waals surface area contributed by atoms with Crippen molar-refractivity contribution in [2.24, 2.45) is 0 Å². The van der Waals surface area contributed by atoms with Gasteiger partial charge in [0.05, 0.1) is 12.7 Å². The molecule has 1 amide bonds. The maximum atomic E-state index is 13.0. The van der Waals surface area contributed by atoms with E-state index in [1.54, 1.807) is 12.1 Å². The standard InChI is InChI=1S/C20H23FN2O3/c21-17-5-1-15(2-6-17)9-10-23-11-12-26-19(14-23)13-22-20(25)16-3-7-18(24)8-4-16/h1-8,19,24H,9-14H2,(H,22,25). The van der Waals surface area contributed by atoms with E-state index in [2.05, 4.69) is 10.2 Å². The van der Waals surface area contributed by atoms with Gasteiger partial charge in [0.1, 0.15) is 11.6 Å². The highest BCUT2D eigenvalue weighted by molar-refractivity contribution is 5.94. The van der Waals surface area contributed by atoms with Gasteiger partial charge in [-0.2, -0.15) is 0 Å². The number of benzene rings is 2. The van der Waals surface area contributed by atoms with Crippen molar-refractivity contribution in [3.05, 3.63) is 65.5 Å². The van der Waals surface area contributed by atoms with Crippen molar-refractivity contribution in [1.29, 1.82) is 0 Å². The Morgan fingerprint density at radius 3 is 2.65 bits per heavy atom. The number of phenolic OH excluding ortho intramolecular Hbond substituents is 1. The van der Waals surface area contributed by atoms with Crippen molar-refractivity contribution >= 4 is 5.91 Å². The zero-order valence-electron chi connectivity index (χ0n) is 14.5. The van der Waals surface area contributed by atoms with Crippen molar-refractivity contribution in [1.82, 2.24) is 10.2 Å². The van der Waals surface area contributed by atoms with Gasteiger partial charge in [-0.15, -0.1) is 0 Å². The van der Waals surface area contributed by atoms with Crippen LogP contribution in [0.3, 0.4) is 0 Å². The highest BCUT2D eigenvalue weighted by Crippen LogP contribution is 2.11. The van der Waals surface area contributed by atoms with Crippen LogP contribution in [-0.2, 0) is 11.2 Å². The average Bonchev–Trinajstić information content (AvgIpc) is 2.66. The molecule has 0 bridgehead atoms. The van der Waals surface area contributed by atoms with Gasteiger partial charge in [0.15, 0.2) is 0 Å². The summed E-state index contributed by atoms with van der Waals surface area (Å²) < 4.78 is 18.7. The average molecular weight is 358 g/mol. The Morgan fingerprint density at radius 1 is 1.19 bits per heavy atom. The number of halogens is 1. The number of hydrogen-bond acceptors (Lipinski definition) is 4. The summed E-state index contributed by atoms with van der Waals surface area (Å²) in [6.45, 7) is 3.54. The van der Waals surface area contributed by atoms with E-state index in [9.17, 15) is 14.3 Å². The molecule has 1 heterocycles. The maximum Gasteiger partial charge on any atom is 0.251 e. The third kappa shape index (κ3) is 5.28. The largest absolute Gasteiger partial charge is 0.508 e. The minimum Gasteiger partial charge on any atom is -0.508 e. The first-order valence-corrected chi connectivity index (χ1v) is 8.76. The van der Waals surface area contributed by atoms with Crippen LogP contribution in [-0.4, -0.2) is 54.8 Å². The number of ether oxygens (including phenoxy) is 1. The van der Waals surface area contributed by atoms with Crippen LogP contribution in [0.5, 0.6) is 5.75 Å². The Morgan fingerprint density at radius 2 is 1.92 bits per heavy atom. The number of aromatic hydroxyl groups is 1. The molecule has 26 heavy (non-hydrogen) atoms. The van der Waals surface area contributed by atoms with Gasteiger partial charge in [-0.3, -0.25) is 9.69 Å². The zero-order chi connectivity index (χ0) is 18.4. The van der Waals surface area contributed by atoms with Crippen molar-refractivity contribution in [3.63, 3.8) is 0 Å². The lowest BCUT2D eigenvalue weighted by Gasteiger charge is -2.33. The van der Waals surface area contributed by atoms with Gasteiger partial charge >= 0.3 is 0 Å². The minimum atomic E-state index is -0.218. The number of amides is 1. The Balaban J connectivity index is 1.43. The summed E-state index contributed by atoms with van der Waals surface area (Å²) in [5.74, 6) is -0.268. The number of morpholine rings is 1. The van der Waals surface area contributed by atoms with Crippen LogP contribution in [0.2, 0.25) is 0 Å². The van der Waals surface area contributed by atoms with E-state index >= 15 is 0 Å². The van der Waals surface area contributed by atoms with Gasteiger partial charge in [0, 0.05) is 31.7 Å². The SMILES string of the molecule is O=C(NCC1CN(CCc2ccc(F)cc2)CCO1)c1ccc(O)cc1. The van der Waals surface area contributed by atoms with E-state index in [-0.39, 0.29) is 23.6 Å². The molecule has 2 aromatic rings. The van der Waals surface area contributed by atoms with Crippen LogP contribution in [0.4, 0.5) is 4.39 Å². The number of rotatable bonds is 6. The maximum absolute atomic E-state index is 13.0. The van der Waals surface area contributed by atoms with Crippen LogP contribution in [0.1, 0.15) is 15.9 Å². The van der Waals surface area contributed by atoms with Crippen LogP contribution in [0.25, 0.3) is 0 Å². The summed E-state index contributed by atoms with van der Waals surface area (Å²) in [7, 11) is 0. The highest BCUT2D eigenvalue weighted by Gasteiger charge is 2.21. The Hall–Kier alpha value is -2.44. The zero-order valence-corrected chi connectivity index (χ0v) is 14.5. The Kier molecular flexibility index (Phi) is 6.20. The van der Waals surface area contributed by atoms with E-state index in [1.807, 2.05) is 12.1 Å². The van der Waals surface area contributed by atoms with E-state index < -0.39 is 0 Å². The Bertz CT molecular complexity index is 719. The van der Waals surface area contributed by atoms with Crippen molar-refractivity contribution in [3.8, 4) is 5.75 Å². The summed E-state index contributed by atoms with van der Waals surface area (Å²) in [5.41, 5.74) is 1.61. The number of hydrogen-bond donors (Lipinski definition) is 2. The van der Waals surface area contributed by atoms with E-state index in [0.29, 0.717) is 18.7 Å². The van der Waals surface area contributed by atoms with Crippen molar-refractivity contribution < 1.29 is 19.0 Å². The van der Waals surface area contributed by atoms with Crippen molar-refractivity contribution in [2.75, 3.05) is 32.8 Å². The van der Waals surface area contributed by atoms with Gasteiger partial charge in [-0.05, 0) is 48.4 Å². The van der Waals surface area contributed by atoms with Crippen LogP contribution >= 0.6 is 0 Å². The second-order valence-electron chi connectivity index (χ2n) is 6.43. The van der Waals surface area contributed by atoms with Crippen LogP contribution in [0, 0.1) is 5.82 Å². The fourth-order valence-corrected chi connectivity index (χ4v) is 2.97. The van der Waals surface area contributed by atoms with Gasteiger partial charge in [-0.1, -0.05) is 12.1 Å². The quantitative estimate of drug-likeness (QED) is 0.831. The number of carbonyl (C=O) groups excluding carboxylic acids is 1. The summed E-state index contributed by atoms with van der Waals surface area (Å²) in [4.78, 5) is 14.4. The molecule has 0 aliphatic carbocycles. The summed E-state index contributed by atoms with van der Waals surface area (Å²) in [5, 5.41) is 12.1. The molecule has 2 N–H and O–H groups in total. The molecule has 2 aromatic carbocycles. The van der Waals surface area contributed by atoms with Gasteiger partial charge in [-0.25, -0.2) is 4.39 Å². The predicted octanol–water partition coefficient (Wildman–Crippen LogP) is 2.20. The summed E-state index contributed by atoms with van der Waals surface area (Å²) in [6.07, 6.45) is 0.797. The number of nitrogens with one attached hydrogen (secondary N) is 1. The molecule has 5 nitrogen and oxygen atoms in total. The predicted molar refractivity (Wildman–Crippen MR) is 96.7 cm³/mol. The molecule has 0 spiro atoms.